The summed E-state index contributed by atoms with van der Waals surface area (Å²) in [6.45, 7) is 6.76. The largest absolute Gasteiger partial charge is 0.490 e. The van der Waals surface area contributed by atoms with Gasteiger partial charge in [0.2, 0.25) is 11.1 Å². The van der Waals surface area contributed by atoms with Crippen molar-refractivity contribution in [2.75, 3.05) is 11.9 Å². The molecular weight excluding hydrogens is 620 g/mol. The van der Waals surface area contributed by atoms with Crippen LogP contribution in [0.2, 0.25) is 5.02 Å². The molecule has 2 heterocycles. The van der Waals surface area contributed by atoms with Crippen molar-refractivity contribution in [1.29, 1.82) is 0 Å². The molecule has 240 valence electrons. The van der Waals surface area contributed by atoms with E-state index in [1.165, 1.54) is 23.7 Å². The number of carbonyl (C=O) groups excluding carboxylic acids is 1. The average molecular weight is 659 g/mol. The Balaban J connectivity index is 1.33. The van der Waals surface area contributed by atoms with E-state index in [2.05, 4.69) is 36.5 Å². The van der Waals surface area contributed by atoms with Gasteiger partial charge in [-0.1, -0.05) is 83.9 Å². The first-order valence-electron chi connectivity index (χ1n) is 15.9. The van der Waals surface area contributed by atoms with E-state index in [1.54, 1.807) is 4.68 Å². The summed E-state index contributed by atoms with van der Waals surface area (Å²) in [5, 5.41) is 9.50. The fraction of sp³-hybridized carbons (Fsp3) is 0.361. The van der Waals surface area contributed by atoms with Gasteiger partial charge in [-0.2, -0.15) is 4.98 Å². The average Bonchev–Trinajstić information content (AvgIpc) is 3.46. The molecule has 0 radical (unpaired) electrons. The molecule has 4 aromatic rings. The second-order valence-corrected chi connectivity index (χ2v) is 13.0. The predicted molar refractivity (Wildman–Crippen MR) is 182 cm³/mol. The number of allylic oxidation sites excluding steroid dienone is 1. The number of benzene rings is 3. The Hall–Kier alpha value is -3.95. The SMILES string of the molecule is CCOc1cc(C2C(C(=O)OC3CCCCC3)=C(C)Nc3nc(SCc4ccccc4Cl)nn32)ccc1OCc1ccc(C)cc1. The summed E-state index contributed by atoms with van der Waals surface area (Å²) in [5.74, 6) is 2.04. The van der Waals surface area contributed by atoms with Crippen LogP contribution < -0.4 is 14.8 Å². The molecule has 1 aliphatic heterocycles. The number of fused-ring (bicyclic) bond motifs is 1. The van der Waals surface area contributed by atoms with Crippen molar-refractivity contribution in [3.63, 3.8) is 0 Å². The number of rotatable bonds is 11. The number of hydrogen-bond donors (Lipinski definition) is 1. The lowest BCUT2D eigenvalue weighted by molar-refractivity contribution is -0.146. The number of ether oxygens (including phenoxy) is 3. The number of esters is 1. The summed E-state index contributed by atoms with van der Waals surface area (Å²) < 4.78 is 20.2. The fourth-order valence-corrected chi connectivity index (χ4v) is 6.96. The molecule has 0 spiro atoms. The molecule has 1 N–H and O–H groups in total. The van der Waals surface area contributed by atoms with Gasteiger partial charge >= 0.3 is 5.97 Å². The quantitative estimate of drug-likeness (QED) is 0.127. The van der Waals surface area contributed by atoms with Gasteiger partial charge in [0.25, 0.3) is 0 Å². The van der Waals surface area contributed by atoms with Crippen LogP contribution in [0.3, 0.4) is 0 Å². The van der Waals surface area contributed by atoms with Crippen LogP contribution in [0.5, 0.6) is 11.5 Å². The van der Waals surface area contributed by atoms with Crippen LogP contribution in [0.1, 0.15) is 74.2 Å². The summed E-state index contributed by atoms with van der Waals surface area (Å²) in [6.07, 6.45) is 4.99. The number of nitrogens with zero attached hydrogens (tertiary/aromatic N) is 3. The highest BCUT2D eigenvalue weighted by Crippen LogP contribution is 2.41. The third-order valence-corrected chi connectivity index (χ3v) is 9.55. The summed E-state index contributed by atoms with van der Waals surface area (Å²) in [7, 11) is 0. The zero-order chi connectivity index (χ0) is 32.0. The molecule has 1 aliphatic carbocycles. The van der Waals surface area contributed by atoms with Gasteiger partial charge < -0.3 is 19.5 Å². The lowest BCUT2D eigenvalue weighted by Crippen LogP contribution is -2.32. The minimum Gasteiger partial charge on any atom is -0.490 e. The first-order valence-corrected chi connectivity index (χ1v) is 17.2. The summed E-state index contributed by atoms with van der Waals surface area (Å²) >= 11 is 7.90. The first-order chi connectivity index (χ1) is 22.4. The van der Waals surface area contributed by atoms with Gasteiger partial charge in [0.1, 0.15) is 18.8 Å². The van der Waals surface area contributed by atoms with Crippen LogP contribution in [0.25, 0.3) is 0 Å². The molecule has 0 amide bonds. The molecule has 8 nitrogen and oxygen atoms in total. The lowest BCUT2D eigenvalue weighted by Gasteiger charge is -2.30. The van der Waals surface area contributed by atoms with Crippen LogP contribution in [0.15, 0.2) is 83.2 Å². The van der Waals surface area contributed by atoms with Gasteiger partial charge in [-0.3, -0.25) is 0 Å². The van der Waals surface area contributed by atoms with Crippen LogP contribution in [0.4, 0.5) is 5.95 Å². The molecule has 6 rings (SSSR count). The van der Waals surface area contributed by atoms with Crippen molar-refractivity contribution >= 4 is 35.3 Å². The number of nitrogens with one attached hydrogen (secondary N) is 1. The minimum absolute atomic E-state index is 0.0855. The normalized spacial score (nSPS) is 16.5. The Kier molecular flexibility index (Phi) is 10.2. The number of thioether (sulfide) groups is 1. The van der Waals surface area contributed by atoms with Crippen LogP contribution in [0, 0.1) is 6.92 Å². The van der Waals surface area contributed by atoms with Crippen LogP contribution in [-0.2, 0) is 21.9 Å². The van der Waals surface area contributed by atoms with Crippen molar-refractivity contribution in [1.82, 2.24) is 14.8 Å². The fourth-order valence-electron chi connectivity index (χ4n) is 5.85. The van der Waals surface area contributed by atoms with E-state index < -0.39 is 6.04 Å². The number of hydrogen-bond acceptors (Lipinski definition) is 8. The van der Waals surface area contributed by atoms with E-state index in [0.29, 0.717) is 57.9 Å². The number of aryl methyl sites for hydroxylation is 1. The summed E-state index contributed by atoms with van der Waals surface area (Å²) in [6, 6.07) is 21.2. The number of halogens is 1. The number of aromatic nitrogens is 3. The van der Waals surface area contributed by atoms with Crippen molar-refractivity contribution in [3.05, 3.63) is 105 Å². The van der Waals surface area contributed by atoms with Gasteiger partial charge in [0.15, 0.2) is 11.5 Å². The standard InChI is InChI=1S/C36H39ClN4O4S/c1-4-43-31-20-26(18-19-30(31)44-21-25-16-14-23(2)15-17-25)33-32(34(42)45-28-11-6-5-7-12-28)24(3)38-35-39-36(40-41(33)35)46-22-27-10-8-9-13-29(27)37/h8-10,13-20,28,33H,4-7,11-12,21-22H2,1-3H3,(H,38,39,40). The maximum atomic E-state index is 13.9. The molecule has 3 aromatic carbocycles. The van der Waals surface area contributed by atoms with E-state index in [0.717, 1.165) is 42.4 Å². The molecule has 46 heavy (non-hydrogen) atoms. The van der Waals surface area contributed by atoms with E-state index in [-0.39, 0.29) is 12.1 Å². The predicted octanol–water partition coefficient (Wildman–Crippen LogP) is 8.67. The van der Waals surface area contributed by atoms with E-state index in [4.69, 9.17) is 35.9 Å². The third-order valence-electron chi connectivity index (χ3n) is 8.29. The lowest BCUT2D eigenvalue weighted by atomic mass is 9.94. The summed E-state index contributed by atoms with van der Waals surface area (Å²) in [4.78, 5) is 18.7. The molecule has 0 bridgehead atoms. The van der Waals surface area contributed by atoms with Crippen molar-refractivity contribution in [3.8, 4) is 11.5 Å². The maximum Gasteiger partial charge on any atom is 0.338 e. The number of anilines is 1. The minimum atomic E-state index is -0.583. The van der Waals surface area contributed by atoms with E-state index in [1.807, 2.05) is 56.3 Å². The Morgan fingerprint density at radius 3 is 2.54 bits per heavy atom. The van der Waals surface area contributed by atoms with Gasteiger partial charge in [-0.05, 0) is 81.3 Å². The molecule has 1 aromatic heterocycles. The smallest absolute Gasteiger partial charge is 0.338 e. The molecule has 1 fully saturated rings. The molecular formula is C36H39ClN4O4S. The summed E-state index contributed by atoms with van der Waals surface area (Å²) in [5.41, 5.74) is 5.27. The zero-order valence-electron chi connectivity index (χ0n) is 26.4. The van der Waals surface area contributed by atoms with Crippen molar-refractivity contribution in [2.24, 2.45) is 0 Å². The Labute approximate surface area is 279 Å². The van der Waals surface area contributed by atoms with Crippen molar-refractivity contribution in [2.45, 2.75) is 82.5 Å². The second-order valence-electron chi connectivity index (χ2n) is 11.7. The van der Waals surface area contributed by atoms with Crippen molar-refractivity contribution < 1.29 is 19.0 Å². The number of carbonyl (C=O) groups is 1. The van der Waals surface area contributed by atoms with Gasteiger partial charge in [0.05, 0.1) is 12.2 Å². The molecule has 1 saturated carbocycles. The molecule has 2 aliphatic rings. The van der Waals surface area contributed by atoms with Gasteiger partial charge in [-0.25, -0.2) is 9.48 Å². The highest BCUT2D eigenvalue weighted by molar-refractivity contribution is 7.98. The molecule has 1 atom stereocenters. The van der Waals surface area contributed by atoms with Crippen LogP contribution in [-0.4, -0.2) is 33.4 Å². The second kappa shape index (κ2) is 14.6. The van der Waals surface area contributed by atoms with E-state index >= 15 is 0 Å². The first kappa shape index (κ1) is 32.0. The zero-order valence-corrected chi connectivity index (χ0v) is 28.0. The third kappa shape index (κ3) is 7.37. The van der Waals surface area contributed by atoms with Gasteiger partial charge in [-0.15, -0.1) is 5.10 Å². The topological polar surface area (TPSA) is 87.5 Å². The van der Waals surface area contributed by atoms with Crippen LogP contribution >= 0.6 is 23.4 Å². The maximum absolute atomic E-state index is 13.9. The molecule has 1 unspecified atom stereocenters. The Morgan fingerprint density at radius 1 is 1.00 bits per heavy atom. The van der Waals surface area contributed by atoms with E-state index in [9.17, 15) is 4.79 Å². The van der Waals surface area contributed by atoms with Gasteiger partial charge in [0, 0.05) is 16.5 Å². The molecule has 10 heteroatoms. The Morgan fingerprint density at radius 2 is 1.78 bits per heavy atom. The monoisotopic (exact) mass is 658 g/mol. The Bertz CT molecular complexity index is 1720. The highest BCUT2D eigenvalue weighted by atomic mass is 35.5. The highest BCUT2D eigenvalue weighted by Gasteiger charge is 2.37. The molecule has 0 saturated heterocycles.